The largest absolute Gasteiger partial charge is 0.473 e. The average Bonchev–Trinajstić information content (AvgIpc) is 0.755. The van der Waals surface area contributed by atoms with Crippen LogP contribution in [0.25, 0.3) is 32.3 Å². The minimum atomic E-state index is -0.360. The summed E-state index contributed by atoms with van der Waals surface area (Å²) in [5.41, 5.74) is 17.8. The second-order valence-electron chi connectivity index (χ2n) is 39.1. The maximum Gasteiger partial charge on any atom is 0.246 e. The van der Waals surface area contributed by atoms with Crippen molar-refractivity contribution in [2.45, 2.75) is 180 Å². The minimum absolute atomic E-state index is 0.0481. The molecule has 9 aliphatic rings. The molecule has 0 aliphatic carbocycles. The fraction of sp³-hybridized carbons (Fsp3) is 0.435. The number of nitrogens with zero attached hydrogens (tertiary/aromatic N) is 22. The lowest BCUT2D eigenvalue weighted by atomic mass is 9.95. The number of aryl methyl sites for hydroxylation is 3. The summed E-state index contributed by atoms with van der Waals surface area (Å²) in [4.78, 5) is 83.7. The fourth-order valence-corrected chi connectivity index (χ4v) is 23.0. The van der Waals surface area contributed by atoms with E-state index in [9.17, 15) is 50.3 Å². The fourth-order valence-electron chi connectivity index (χ4n) is 23.0. The van der Waals surface area contributed by atoms with Crippen molar-refractivity contribution < 1.29 is 37.7 Å². The summed E-state index contributed by atoms with van der Waals surface area (Å²) < 4.78 is 38.9. The van der Waals surface area contributed by atoms with E-state index < -0.39 is 0 Å². The summed E-state index contributed by atoms with van der Waals surface area (Å²) in [5, 5.41) is 68.3. The number of alkyl halides is 1. The van der Waals surface area contributed by atoms with Gasteiger partial charge in [-0.25, -0.2) is 19.3 Å². The minimum Gasteiger partial charge on any atom is -0.473 e. The van der Waals surface area contributed by atoms with Gasteiger partial charge in [0.15, 0.2) is 0 Å². The zero-order chi connectivity index (χ0) is 101. The van der Waals surface area contributed by atoms with Crippen LogP contribution in [0.15, 0.2) is 172 Å². The molecule has 3 amide bonds. The number of rotatable bonds is 26. The van der Waals surface area contributed by atoms with E-state index in [1.54, 1.807) is 21.8 Å². The predicted molar refractivity (Wildman–Crippen MR) is 562 cm³/mol. The first kappa shape index (κ1) is 102. The zero-order valence-corrected chi connectivity index (χ0v) is 84.0. The Labute approximate surface area is 850 Å². The molecule has 4 aromatic heterocycles. The van der Waals surface area contributed by atoms with Gasteiger partial charge in [-0.15, -0.1) is 0 Å². The highest BCUT2D eigenvalue weighted by atomic mass is 19.1. The maximum absolute atomic E-state index is 13.6. The number of carbonyl (C=O) groups excluding carboxylic acids is 3. The van der Waals surface area contributed by atoms with Gasteiger partial charge in [-0.1, -0.05) is 124 Å². The summed E-state index contributed by atoms with van der Waals surface area (Å²) in [6.45, 7) is 34.7. The highest BCUT2D eigenvalue weighted by molar-refractivity contribution is 6.00. The third-order valence-corrected chi connectivity index (χ3v) is 30.5. The number of carbonyl (C=O) groups is 3. The van der Waals surface area contributed by atoms with E-state index >= 15 is 0 Å². The number of hydrogen-bond acceptors (Lipinski definition) is 26. The van der Waals surface area contributed by atoms with Crippen LogP contribution in [0.4, 0.5) is 38.5 Å². The van der Waals surface area contributed by atoms with Gasteiger partial charge in [0, 0.05) is 200 Å². The van der Waals surface area contributed by atoms with Gasteiger partial charge in [0.25, 0.3) is 0 Å². The predicted octanol–water partition coefficient (Wildman–Crippen LogP) is 15.8. The van der Waals surface area contributed by atoms with Gasteiger partial charge in [0.1, 0.15) is 59.9 Å². The lowest BCUT2D eigenvalue weighted by molar-refractivity contribution is -0.129. The molecule has 1 unspecified atom stereocenters. The third-order valence-electron chi connectivity index (χ3n) is 30.5. The highest BCUT2D eigenvalue weighted by Gasteiger charge is 2.42. The Hall–Kier alpha value is -14.8. The number of piperazine rings is 3. The van der Waals surface area contributed by atoms with E-state index in [1.807, 2.05) is 25.3 Å². The van der Waals surface area contributed by atoms with Crippen LogP contribution in [0.1, 0.15) is 144 Å². The molecule has 30 heteroatoms. The van der Waals surface area contributed by atoms with Gasteiger partial charge in [-0.2, -0.15) is 31.6 Å². The van der Waals surface area contributed by atoms with Crippen LogP contribution in [0.5, 0.6) is 17.6 Å². The number of benzene rings is 6. The molecule has 10 aromatic rings. The molecule has 9 aliphatic heterocycles. The molecule has 4 atom stereocenters. The molecule has 13 heterocycles. The molecule has 145 heavy (non-hydrogen) atoms. The SMILES string of the molecule is C=CC(=O)N1CCN(c2c(C#N)c(OC3CCN(C(CC)CF)CC3)nc3c2CCN(c2cccc4cccc(C)c24)C3)C[C@@H]1CC#N.C=CC(=O)N1CCN(c2c(C#N)c(OC3CCN(CCOC)CC3)nc3c2CCN(c2cccc4cccc(C)c24)C3)C[C@@H]1CC#N.C=CC(=O)N1CCN(c2c(C#N)c(OC3CCN(Cc4ccccn4)CC3)nc3c2CCN(c2cccc4cccc(C)c24)C3)C[C@@H]1CC#N. The number of fused-ring (bicyclic) bond motifs is 6. The number of piperidine rings is 3. The van der Waals surface area contributed by atoms with Crippen LogP contribution < -0.4 is 43.6 Å². The Kier molecular flexibility index (Phi) is 33.1. The summed E-state index contributed by atoms with van der Waals surface area (Å²) in [7, 11) is 1.72. The van der Waals surface area contributed by atoms with Crippen LogP contribution in [0.2, 0.25) is 0 Å². The number of nitriles is 6. The Bertz CT molecular complexity index is 6690. The number of hydrogen-bond donors (Lipinski definition) is 0. The smallest absolute Gasteiger partial charge is 0.246 e. The van der Waals surface area contributed by atoms with Gasteiger partial charge in [-0.3, -0.25) is 29.2 Å². The first-order valence-corrected chi connectivity index (χ1v) is 51.2. The van der Waals surface area contributed by atoms with Crippen molar-refractivity contribution in [3.05, 3.63) is 244 Å². The van der Waals surface area contributed by atoms with Crippen molar-refractivity contribution >= 4 is 84.2 Å². The van der Waals surface area contributed by atoms with E-state index in [0.29, 0.717) is 139 Å². The van der Waals surface area contributed by atoms with Crippen molar-refractivity contribution in [3.8, 4) is 54.1 Å². The molecule has 0 radical (unpaired) electrons. The molecule has 0 saturated carbocycles. The second-order valence-corrected chi connectivity index (χ2v) is 39.1. The number of aromatic nitrogens is 4. The summed E-state index contributed by atoms with van der Waals surface area (Å²) in [5.74, 6) is 0.544. The van der Waals surface area contributed by atoms with Gasteiger partial charge >= 0.3 is 0 Å². The molecule has 0 spiro atoms. The normalized spacial score (nSPS) is 18.8. The molecule has 6 aromatic carbocycles. The second kappa shape index (κ2) is 47.2. The van der Waals surface area contributed by atoms with Crippen LogP contribution in [0, 0.1) is 88.8 Å². The number of ether oxygens (including phenoxy) is 4. The van der Waals surface area contributed by atoms with E-state index in [4.69, 9.17) is 33.9 Å². The zero-order valence-electron chi connectivity index (χ0n) is 84.0. The first-order valence-electron chi connectivity index (χ1n) is 51.2. The number of halogens is 1. The molecule has 6 fully saturated rings. The van der Waals surface area contributed by atoms with Gasteiger partial charge in [-0.05, 0) is 166 Å². The Balaban J connectivity index is 0.000000149. The summed E-state index contributed by atoms with van der Waals surface area (Å²) in [6, 6.07) is 57.6. The molecule has 748 valence electrons. The van der Waals surface area contributed by atoms with E-state index in [2.05, 4.69) is 241 Å². The summed E-state index contributed by atoms with van der Waals surface area (Å²) >= 11 is 0. The van der Waals surface area contributed by atoms with Crippen molar-refractivity contribution in [1.82, 2.24) is 49.3 Å². The van der Waals surface area contributed by atoms with Crippen LogP contribution >= 0.6 is 0 Å². The standard InChI is InChI=1S/C40H42N8O2.C38H44FN7O2.C37H43N7O3/c1-3-37(49)48-23-22-47(26-31(48)13-17-41)39-33-16-21-46(36-12-7-10-29-9-6-8-28(2)38(29)36)27-35(33)44-40(34(39)24-42)50-32-14-19-45(20-15-32)25-30-11-4-5-18-43-30;1-4-28(22-39)43-17-13-30(14-18-43)48-38-32(23-41)37(45-20-21-46(35(47)5-2)29(24-45)12-16-40)31-15-19-44(25-33(31)42-38)34-11-7-10-27-9-6-8-26(3)36(27)34;1-4-34(45)44-20-19-43(24-28(44)11-15-38)36-30-14-18-42(33-10-6-9-27-8-5-7-26(2)35(27)33)25-32(30)40-37(31(36)23-39)47-29-12-16-41(17-13-29)21-22-46-3/h3-12,18,31-32H,1,13-16,19-23,25-27H2,2H3;5-11,28-30H,2,4,12-15,17-22,24-25H2,1,3H3;4-10,28-29H,1,11-14,16-22,24-25H2,2-3H3/t31-;28?,29-;28-/m000/s1. The molecule has 29 nitrogen and oxygen atoms in total. The number of anilines is 6. The number of pyridine rings is 4. The quantitative estimate of drug-likeness (QED) is 0.0455. The van der Waals surface area contributed by atoms with Gasteiger partial charge in [0.05, 0.1) is 122 Å². The first-order chi connectivity index (χ1) is 70.8. The Morgan fingerprint density at radius 3 is 1.09 bits per heavy atom. The maximum atomic E-state index is 13.6. The van der Waals surface area contributed by atoms with Gasteiger partial charge < -0.3 is 67.9 Å². The molecule has 6 saturated heterocycles. The number of amides is 3. The lowest BCUT2D eigenvalue weighted by Gasteiger charge is -2.43. The topological polar surface area (TPSA) is 321 Å². The van der Waals surface area contributed by atoms with Crippen molar-refractivity contribution in [3.63, 3.8) is 0 Å². The van der Waals surface area contributed by atoms with Crippen LogP contribution in [-0.2, 0) is 64.6 Å². The molecular formula is C115H129FN22O7. The third kappa shape index (κ3) is 22.3. The van der Waals surface area contributed by atoms with Crippen molar-refractivity contribution in [2.75, 3.05) is 174 Å². The van der Waals surface area contributed by atoms with Gasteiger partial charge in [0.2, 0.25) is 35.4 Å². The van der Waals surface area contributed by atoms with Crippen LogP contribution in [0.3, 0.4) is 0 Å². The summed E-state index contributed by atoms with van der Waals surface area (Å²) in [6.07, 6.45) is 13.7. The number of methoxy groups -OCH3 is 1. The van der Waals surface area contributed by atoms with E-state index in [-0.39, 0.29) is 86.1 Å². The molecular weight excluding hydrogens is 1820 g/mol. The molecule has 19 rings (SSSR count). The van der Waals surface area contributed by atoms with Crippen molar-refractivity contribution in [1.29, 1.82) is 31.6 Å². The highest BCUT2D eigenvalue weighted by Crippen LogP contribution is 2.47. The number of likely N-dealkylation sites (tertiary alicyclic amines) is 3. The Morgan fingerprint density at radius 1 is 0.434 bits per heavy atom. The van der Waals surface area contributed by atoms with E-state index in [0.717, 1.165) is 179 Å². The molecule has 0 bridgehead atoms. The van der Waals surface area contributed by atoms with Crippen molar-refractivity contribution in [2.24, 2.45) is 0 Å². The lowest BCUT2D eigenvalue weighted by Crippen LogP contribution is -2.55. The molecule has 0 N–H and O–H groups in total. The Morgan fingerprint density at radius 2 is 0.779 bits per heavy atom. The monoisotopic (exact) mass is 1950 g/mol. The average molecular weight is 1950 g/mol. The van der Waals surface area contributed by atoms with Crippen LogP contribution in [-0.4, -0.2) is 254 Å². The van der Waals surface area contributed by atoms with E-state index in [1.165, 1.54) is 78.6 Å².